The minimum Gasteiger partial charge on any atom is -0.465 e. The van der Waals surface area contributed by atoms with Gasteiger partial charge in [-0.25, -0.2) is 4.79 Å². The minimum absolute atomic E-state index is 0.0888. The Kier molecular flexibility index (Phi) is 2.73. The van der Waals surface area contributed by atoms with Gasteiger partial charge < -0.3 is 15.3 Å². The summed E-state index contributed by atoms with van der Waals surface area (Å²) < 4.78 is 0. The molecule has 0 bridgehead atoms. The Bertz CT molecular complexity index is 433. The van der Waals surface area contributed by atoms with Gasteiger partial charge in [-0.15, -0.1) is 0 Å². The zero-order valence-corrected chi connectivity index (χ0v) is 10.4. The Morgan fingerprint density at radius 3 is 2.82 bits per heavy atom. The zero-order chi connectivity index (χ0) is 12.6. The molecule has 0 aliphatic carbocycles. The molecular formula is C11H18N4O2. The number of aromatic amines is 1. The number of nitrogens with one attached hydrogen (secondary N) is 2. The molecule has 1 aliphatic rings. The highest BCUT2D eigenvalue weighted by atomic mass is 16.4. The molecule has 0 atom stereocenters. The SMILES string of the molecule is CC(C)(C)Nc1n[nH]c2c1CN(C(=O)O)CC2. The molecule has 1 aromatic rings. The number of carbonyl (C=O) groups is 1. The molecule has 1 aromatic heterocycles. The summed E-state index contributed by atoms with van der Waals surface area (Å²) in [5.41, 5.74) is 1.91. The van der Waals surface area contributed by atoms with Crippen molar-refractivity contribution in [1.82, 2.24) is 15.1 Å². The molecule has 0 saturated carbocycles. The Morgan fingerprint density at radius 2 is 2.24 bits per heavy atom. The van der Waals surface area contributed by atoms with Gasteiger partial charge in [-0.05, 0) is 20.8 Å². The number of aromatic nitrogens is 2. The molecule has 0 fully saturated rings. The normalized spacial score (nSPS) is 15.6. The van der Waals surface area contributed by atoms with Gasteiger partial charge in [0, 0.05) is 29.8 Å². The number of hydrogen-bond donors (Lipinski definition) is 3. The van der Waals surface area contributed by atoms with Crippen molar-refractivity contribution in [2.45, 2.75) is 39.3 Å². The van der Waals surface area contributed by atoms with Crippen molar-refractivity contribution < 1.29 is 9.90 Å². The topological polar surface area (TPSA) is 81.2 Å². The first-order valence-electron chi connectivity index (χ1n) is 5.69. The summed E-state index contributed by atoms with van der Waals surface area (Å²) in [4.78, 5) is 12.4. The van der Waals surface area contributed by atoms with Crippen LogP contribution in [0.4, 0.5) is 10.6 Å². The van der Waals surface area contributed by atoms with E-state index in [1.54, 1.807) is 0 Å². The predicted molar refractivity (Wildman–Crippen MR) is 64.1 cm³/mol. The van der Waals surface area contributed by atoms with Gasteiger partial charge in [0.15, 0.2) is 5.82 Å². The fourth-order valence-corrected chi connectivity index (χ4v) is 1.92. The van der Waals surface area contributed by atoms with Crippen LogP contribution < -0.4 is 5.32 Å². The van der Waals surface area contributed by atoms with E-state index in [1.807, 2.05) is 20.8 Å². The Hall–Kier alpha value is -1.72. The van der Waals surface area contributed by atoms with Gasteiger partial charge >= 0.3 is 6.09 Å². The molecule has 94 valence electrons. The van der Waals surface area contributed by atoms with Crippen molar-refractivity contribution in [1.29, 1.82) is 0 Å². The van der Waals surface area contributed by atoms with Crippen LogP contribution in [0.3, 0.4) is 0 Å². The number of fused-ring (bicyclic) bond motifs is 1. The van der Waals surface area contributed by atoms with Gasteiger partial charge in [0.05, 0.1) is 6.54 Å². The molecule has 6 heteroatoms. The second-order valence-corrected chi connectivity index (χ2v) is 5.36. The second-order valence-electron chi connectivity index (χ2n) is 5.36. The number of carboxylic acid groups (broad SMARTS) is 1. The van der Waals surface area contributed by atoms with E-state index in [-0.39, 0.29) is 5.54 Å². The third kappa shape index (κ3) is 2.51. The summed E-state index contributed by atoms with van der Waals surface area (Å²) in [7, 11) is 0. The predicted octanol–water partition coefficient (Wildman–Crippen LogP) is 1.66. The second kappa shape index (κ2) is 3.94. The van der Waals surface area contributed by atoms with Crippen molar-refractivity contribution in [3.63, 3.8) is 0 Å². The van der Waals surface area contributed by atoms with Crippen molar-refractivity contribution >= 4 is 11.9 Å². The van der Waals surface area contributed by atoms with Gasteiger partial charge in [-0.1, -0.05) is 0 Å². The van der Waals surface area contributed by atoms with Gasteiger partial charge in [0.25, 0.3) is 0 Å². The smallest absolute Gasteiger partial charge is 0.407 e. The monoisotopic (exact) mass is 238 g/mol. The lowest BCUT2D eigenvalue weighted by atomic mass is 10.1. The zero-order valence-electron chi connectivity index (χ0n) is 10.4. The molecule has 0 unspecified atom stereocenters. The lowest BCUT2D eigenvalue weighted by Gasteiger charge is -2.26. The first-order valence-corrected chi connectivity index (χ1v) is 5.69. The molecule has 3 N–H and O–H groups in total. The molecule has 0 aromatic carbocycles. The molecule has 1 aliphatic heterocycles. The van der Waals surface area contributed by atoms with Gasteiger partial charge in [-0.3, -0.25) is 5.10 Å². The molecule has 0 spiro atoms. The largest absolute Gasteiger partial charge is 0.465 e. The Labute approximate surface area is 100 Å². The quantitative estimate of drug-likeness (QED) is 0.695. The number of amides is 1. The summed E-state index contributed by atoms with van der Waals surface area (Å²) in [6.45, 7) is 7.07. The summed E-state index contributed by atoms with van der Waals surface area (Å²) in [5, 5.41) is 19.5. The average Bonchev–Trinajstić information content (AvgIpc) is 2.58. The molecule has 2 rings (SSSR count). The standard InChI is InChI=1S/C11H18N4O2/c1-11(2,3)12-9-7-6-15(10(16)17)5-4-8(7)13-14-9/h4-6H2,1-3H3,(H,16,17)(H2,12,13,14). The van der Waals surface area contributed by atoms with Crippen LogP contribution in [-0.2, 0) is 13.0 Å². The third-order valence-corrected chi connectivity index (χ3v) is 2.70. The fraction of sp³-hybridized carbons (Fsp3) is 0.636. The average molecular weight is 238 g/mol. The number of H-pyrrole nitrogens is 1. The van der Waals surface area contributed by atoms with E-state index in [1.165, 1.54) is 4.90 Å². The highest BCUT2D eigenvalue weighted by Gasteiger charge is 2.26. The van der Waals surface area contributed by atoms with Crippen molar-refractivity contribution in [2.24, 2.45) is 0 Å². The molecule has 6 nitrogen and oxygen atoms in total. The number of hydrogen-bond acceptors (Lipinski definition) is 3. The van der Waals surface area contributed by atoms with E-state index < -0.39 is 6.09 Å². The van der Waals surface area contributed by atoms with Crippen molar-refractivity contribution in [3.05, 3.63) is 11.3 Å². The minimum atomic E-state index is -0.876. The highest BCUT2D eigenvalue weighted by molar-refractivity contribution is 5.66. The number of nitrogens with zero attached hydrogens (tertiary/aromatic N) is 2. The molecule has 1 amide bonds. The first-order chi connectivity index (χ1) is 7.87. The highest BCUT2D eigenvalue weighted by Crippen LogP contribution is 2.25. The summed E-state index contributed by atoms with van der Waals surface area (Å²) in [6.07, 6.45) is -0.181. The molecule has 17 heavy (non-hydrogen) atoms. The molecule has 2 heterocycles. The van der Waals surface area contributed by atoms with E-state index >= 15 is 0 Å². The van der Waals surface area contributed by atoms with Crippen LogP contribution in [0.15, 0.2) is 0 Å². The van der Waals surface area contributed by atoms with E-state index in [0.717, 1.165) is 17.1 Å². The summed E-state index contributed by atoms with van der Waals surface area (Å²) in [5.74, 6) is 0.762. The van der Waals surface area contributed by atoms with E-state index in [0.29, 0.717) is 19.5 Å². The van der Waals surface area contributed by atoms with Crippen LogP contribution in [-0.4, -0.2) is 38.4 Å². The molecular weight excluding hydrogens is 220 g/mol. The maximum Gasteiger partial charge on any atom is 0.407 e. The van der Waals surface area contributed by atoms with Crippen molar-refractivity contribution in [3.8, 4) is 0 Å². The van der Waals surface area contributed by atoms with E-state index in [9.17, 15) is 4.79 Å². The maximum atomic E-state index is 11.0. The maximum absolute atomic E-state index is 11.0. The van der Waals surface area contributed by atoms with Crippen LogP contribution in [0, 0.1) is 0 Å². The van der Waals surface area contributed by atoms with Gasteiger partial charge in [0.1, 0.15) is 0 Å². The Balaban J connectivity index is 2.22. The lowest BCUT2D eigenvalue weighted by Crippen LogP contribution is -2.35. The van der Waals surface area contributed by atoms with Crippen LogP contribution >= 0.6 is 0 Å². The van der Waals surface area contributed by atoms with E-state index in [2.05, 4.69) is 15.5 Å². The van der Waals surface area contributed by atoms with Crippen molar-refractivity contribution in [2.75, 3.05) is 11.9 Å². The van der Waals surface area contributed by atoms with Crippen LogP contribution in [0.2, 0.25) is 0 Å². The van der Waals surface area contributed by atoms with Crippen LogP contribution in [0.25, 0.3) is 0 Å². The number of rotatable bonds is 1. The third-order valence-electron chi connectivity index (χ3n) is 2.70. The summed E-state index contributed by atoms with van der Waals surface area (Å²) in [6, 6.07) is 0. The molecule has 0 saturated heterocycles. The Morgan fingerprint density at radius 1 is 1.53 bits per heavy atom. The van der Waals surface area contributed by atoms with E-state index in [4.69, 9.17) is 5.11 Å². The lowest BCUT2D eigenvalue weighted by molar-refractivity contribution is 0.140. The van der Waals surface area contributed by atoms with Crippen LogP contribution in [0.1, 0.15) is 32.0 Å². The fourth-order valence-electron chi connectivity index (χ4n) is 1.92. The number of anilines is 1. The van der Waals surface area contributed by atoms with Gasteiger partial charge in [0.2, 0.25) is 0 Å². The molecule has 0 radical (unpaired) electrons. The van der Waals surface area contributed by atoms with Gasteiger partial charge in [-0.2, -0.15) is 5.10 Å². The van der Waals surface area contributed by atoms with Crippen LogP contribution in [0.5, 0.6) is 0 Å². The first kappa shape index (κ1) is 11.8. The summed E-state index contributed by atoms with van der Waals surface area (Å²) >= 11 is 0.